The predicted molar refractivity (Wildman–Crippen MR) is 134 cm³/mol. The molecule has 3 heterocycles. The van der Waals surface area contributed by atoms with Crippen molar-refractivity contribution >= 4 is 11.6 Å². The summed E-state index contributed by atoms with van der Waals surface area (Å²) in [5, 5.41) is 3.17. The maximum Gasteiger partial charge on any atom is 0.225 e. The Kier molecular flexibility index (Phi) is 6.95. The Morgan fingerprint density at radius 3 is 2.77 bits per heavy atom. The van der Waals surface area contributed by atoms with Gasteiger partial charge in [-0.15, -0.1) is 0 Å². The van der Waals surface area contributed by atoms with Gasteiger partial charge in [-0.1, -0.05) is 24.3 Å². The molecule has 1 aromatic heterocycles. The van der Waals surface area contributed by atoms with Crippen LogP contribution < -0.4 is 15.0 Å². The Balaban J connectivity index is 1.33. The van der Waals surface area contributed by atoms with Crippen molar-refractivity contribution in [2.75, 3.05) is 38.2 Å². The summed E-state index contributed by atoms with van der Waals surface area (Å²) >= 11 is 0. The van der Waals surface area contributed by atoms with Gasteiger partial charge >= 0.3 is 0 Å². The van der Waals surface area contributed by atoms with E-state index in [1.165, 1.54) is 17.7 Å². The molecule has 3 aromatic rings. The van der Waals surface area contributed by atoms with Crippen molar-refractivity contribution in [3.63, 3.8) is 0 Å². The third-order valence-electron chi connectivity index (χ3n) is 7.07. The van der Waals surface area contributed by atoms with Gasteiger partial charge in [-0.2, -0.15) is 0 Å². The number of nitrogens with zero attached hydrogens (tertiary/aromatic N) is 3. The number of halogens is 1. The number of benzene rings is 2. The number of hydrogen-bond acceptors (Lipinski definition) is 5. The Morgan fingerprint density at radius 1 is 1.14 bits per heavy atom. The van der Waals surface area contributed by atoms with Gasteiger partial charge in [0.05, 0.1) is 19.1 Å². The van der Waals surface area contributed by atoms with Crippen molar-refractivity contribution in [1.82, 2.24) is 15.2 Å². The average Bonchev–Trinajstić information content (AvgIpc) is 2.89. The summed E-state index contributed by atoms with van der Waals surface area (Å²) < 4.78 is 18.8. The third kappa shape index (κ3) is 5.30. The van der Waals surface area contributed by atoms with Crippen LogP contribution in [0, 0.1) is 11.7 Å². The number of amides is 1. The van der Waals surface area contributed by atoms with Gasteiger partial charge in [0.15, 0.2) is 0 Å². The van der Waals surface area contributed by atoms with Crippen molar-refractivity contribution < 1.29 is 13.9 Å². The summed E-state index contributed by atoms with van der Waals surface area (Å²) in [6.45, 7) is 3.77. The molecule has 2 aliphatic heterocycles. The van der Waals surface area contributed by atoms with Crippen LogP contribution in [0.5, 0.6) is 5.75 Å². The number of carbonyl (C=O) groups excluding carboxylic acids is 1. The predicted octanol–water partition coefficient (Wildman–Crippen LogP) is 3.45. The highest BCUT2D eigenvalue weighted by molar-refractivity contribution is 5.82. The van der Waals surface area contributed by atoms with Crippen LogP contribution in [0.1, 0.15) is 16.8 Å². The van der Waals surface area contributed by atoms with Crippen LogP contribution in [0.3, 0.4) is 0 Å². The summed E-state index contributed by atoms with van der Waals surface area (Å²) in [5.41, 5.74) is 4.39. The van der Waals surface area contributed by atoms with Crippen molar-refractivity contribution in [3.05, 3.63) is 89.5 Å². The monoisotopic (exact) mass is 474 g/mol. The molecule has 6 nitrogen and oxygen atoms in total. The van der Waals surface area contributed by atoms with Crippen LogP contribution in [0.4, 0.5) is 10.1 Å². The quantitative estimate of drug-likeness (QED) is 0.569. The maximum atomic E-state index is 13.4. The second-order valence-electron chi connectivity index (χ2n) is 9.29. The SMILES string of the molecule is COc1ccc2c(c1)N1CCN(Cc3ccc(F)cc3)CC1C(C(=O)NCCc1ccccn1)C2. The normalized spacial score (nSPS) is 19.5. The minimum Gasteiger partial charge on any atom is -0.497 e. The molecule has 2 aromatic carbocycles. The topological polar surface area (TPSA) is 57.7 Å². The van der Waals surface area contributed by atoms with Gasteiger partial charge in [0.25, 0.3) is 0 Å². The fraction of sp³-hybridized carbons (Fsp3) is 0.357. The van der Waals surface area contributed by atoms with Gasteiger partial charge in [-0.05, 0) is 47.9 Å². The van der Waals surface area contributed by atoms with Crippen molar-refractivity contribution in [2.24, 2.45) is 5.92 Å². The van der Waals surface area contributed by atoms with Gasteiger partial charge in [-0.3, -0.25) is 14.7 Å². The number of rotatable bonds is 7. The van der Waals surface area contributed by atoms with E-state index in [0.29, 0.717) is 19.4 Å². The molecule has 5 rings (SSSR count). The lowest BCUT2D eigenvalue weighted by Crippen LogP contribution is -2.61. The molecule has 0 radical (unpaired) electrons. The van der Waals surface area contributed by atoms with Crippen molar-refractivity contribution in [2.45, 2.75) is 25.4 Å². The highest BCUT2D eigenvalue weighted by Gasteiger charge is 2.41. The molecule has 0 spiro atoms. The summed E-state index contributed by atoms with van der Waals surface area (Å²) in [4.78, 5) is 22.5. The van der Waals surface area contributed by atoms with Gasteiger partial charge in [0, 0.05) is 62.8 Å². The first-order valence-corrected chi connectivity index (χ1v) is 12.2. The summed E-state index contributed by atoms with van der Waals surface area (Å²) in [6, 6.07) is 18.7. The summed E-state index contributed by atoms with van der Waals surface area (Å²) in [5.74, 6) is 0.532. The number of hydrogen-bond donors (Lipinski definition) is 1. The molecular formula is C28H31FN4O2. The molecule has 0 saturated carbocycles. The molecule has 182 valence electrons. The van der Waals surface area contributed by atoms with E-state index in [9.17, 15) is 9.18 Å². The van der Waals surface area contributed by atoms with E-state index in [0.717, 1.165) is 48.9 Å². The van der Waals surface area contributed by atoms with E-state index < -0.39 is 0 Å². The lowest BCUT2D eigenvalue weighted by Gasteiger charge is -2.49. The fourth-order valence-corrected chi connectivity index (χ4v) is 5.25. The number of anilines is 1. The largest absolute Gasteiger partial charge is 0.497 e. The minimum atomic E-state index is -0.223. The molecule has 1 saturated heterocycles. The number of fused-ring (bicyclic) bond motifs is 3. The third-order valence-corrected chi connectivity index (χ3v) is 7.07. The van der Waals surface area contributed by atoms with Crippen molar-refractivity contribution in [1.29, 1.82) is 0 Å². The Morgan fingerprint density at radius 2 is 2.00 bits per heavy atom. The molecular weight excluding hydrogens is 443 g/mol. The van der Waals surface area contributed by atoms with Gasteiger partial charge < -0.3 is 15.0 Å². The number of piperazine rings is 1. The van der Waals surface area contributed by atoms with Crippen LogP contribution in [-0.4, -0.2) is 55.1 Å². The van der Waals surface area contributed by atoms with Gasteiger partial charge in [-0.25, -0.2) is 4.39 Å². The molecule has 2 atom stereocenters. The smallest absolute Gasteiger partial charge is 0.225 e. The Labute approximate surface area is 205 Å². The second-order valence-corrected chi connectivity index (χ2v) is 9.29. The van der Waals surface area contributed by atoms with Crippen LogP contribution in [0.25, 0.3) is 0 Å². The molecule has 7 heteroatoms. The van der Waals surface area contributed by atoms with E-state index in [1.54, 1.807) is 13.3 Å². The zero-order chi connectivity index (χ0) is 24.2. The van der Waals surface area contributed by atoms with Crippen LogP contribution in [0.2, 0.25) is 0 Å². The van der Waals surface area contributed by atoms with Gasteiger partial charge in [0.2, 0.25) is 5.91 Å². The Bertz CT molecular complexity index is 1160. The van der Waals surface area contributed by atoms with Crippen LogP contribution in [-0.2, 0) is 24.2 Å². The minimum absolute atomic E-state index is 0.0543. The van der Waals surface area contributed by atoms with E-state index >= 15 is 0 Å². The molecule has 1 N–H and O–H groups in total. The fourth-order valence-electron chi connectivity index (χ4n) is 5.25. The van der Waals surface area contributed by atoms with E-state index in [4.69, 9.17) is 4.74 Å². The number of nitrogens with one attached hydrogen (secondary N) is 1. The molecule has 1 fully saturated rings. The highest BCUT2D eigenvalue weighted by atomic mass is 19.1. The van der Waals surface area contributed by atoms with Crippen molar-refractivity contribution in [3.8, 4) is 5.75 Å². The maximum absolute atomic E-state index is 13.4. The van der Waals surface area contributed by atoms with E-state index in [-0.39, 0.29) is 23.7 Å². The highest BCUT2D eigenvalue weighted by Crippen LogP contribution is 2.38. The number of ether oxygens (including phenoxy) is 1. The Hall–Kier alpha value is -3.45. The zero-order valence-electron chi connectivity index (χ0n) is 20.0. The molecule has 1 amide bonds. The zero-order valence-corrected chi connectivity index (χ0v) is 20.0. The lowest BCUT2D eigenvalue weighted by molar-refractivity contribution is -0.126. The summed E-state index contributed by atoms with van der Waals surface area (Å²) in [6.07, 6.45) is 3.18. The second kappa shape index (κ2) is 10.4. The van der Waals surface area contributed by atoms with Gasteiger partial charge in [0.1, 0.15) is 11.6 Å². The standard InChI is InChI=1S/C28H31FN4O2/c1-35-24-10-7-21-16-25(28(34)31-13-11-23-4-2-3-12-30-23)27-19-32(14-15-33(27)26(21)17-24)18-20-5-8-22(29)9-6-20/h2-10,12,17,25,27H,11,13-16,18-19H2,1H3,(H,31,34). The summed E-state index contributed by atoms with van der Waals surface area (Å²) in [7, 11) is 1.68. The average molecular weight is 475 g/mol. The first-order valence-electron chi connectivity index (χ1n) is 12.2. The van der Waals surface area contributed by atoms with E-state index in [1.807, 2.05) is 36.4 Å². The number of methoxy groups -OCH3 is 1. The molecule has 2 unspecified atom stereocenters. The molecule has 35 heavy (non-hydrogen) atoms. The molecule has 0 bridgehead atoms. The lowest BCUT2D eigenvalue weighted by atomic mass is 9.83. The number of aromatic nitrogens is 1. The number of pyridine rings is 1. The molecule has 2 aliphatic rings. The van der Waals surface area contributed by atoms with Crippen LogP contribution >= 0.6 is 0 Å². The van der Waals surface area contributed by atoms with Crippen LogP contribution in [0.15, 0.2) is 66.9 Å². The first-order chi connectivity index (χ1) is 17.1. The first kappa shape index (κ1) is 23.3. The van der Waals surface area contributed by atoms with E-state index in [2.05, 4.69) is 32.2 Å². The number of carbonyl (C=O) groups is 1. The molecule has 0 aliphatic carbocycles.